The average molecular weight is 975 g/mol. The Balaban J connectivity index is 0.00000310. The zero-order chi connectivity index (χ0) is 41.2. The first kappa shape index (κ1) is 55.1. The van der Waals surface area contributed by atoms with Gasteiger partial charge in [0.05, 0.1) is 19.6 Å². The molecule has 18 nitrogen and oxygen atoms in total. The van der Waals surface area contributed by atoms with Crippen molar-refractivity contribution in [3.63, 3.8) is 0 Å². The van der Waals surface area contributed by atoms with E-state index in [0.29, 0.717) is 23.3 Å². The van der Waals surface area contributed by atoms with E-state index in [0.717, 1.165) is 72.8 Å². The van der Waals surface area contributed by atoms with Gasteiger partial charge in [-0.3, -0.25) is 0 Å². The van der Waals surface area contributed by atoms with Crippen LogP contribution in [0.25, 0.3) is 32.7 Å². The Labute approximate surface area is 432 Å². The molecule has 0 spiro atoms. The maximum Gasteiger partial charge on any atom is 1.00 e. The molecule has 28 heteroatoms. The second-order valence-electron chi connectivity index (χ2n) is 11.5. The number of hydrogen-bond acceptors (Lipinski definition) is 18. The molecule has 294 valence electrons. The van der Waals surface area contributed by atoms with E-state index in [1.54, 1.807) is 0 Å². The maximum absolute atomic E-state index is 13.1. The molecule has 0 amide bonds. The Kier molecular flexibility index (Phi) is 18.4. The average Bonchev–Trinajstić information content (AvgIpc) is 3.09. The van der Waals surface area contributed by atoms with Gasteiger partial charge < -0.3 is 26.6 Å². The van der Waals surface area contributed by atoms with Crippen molar-refractivity contribution in [3.05, 3.63) is 109 Å². The molecule has 0 aliphatic heterocycles. The molecule has 0 aliphatic carbocycles. The first-order valence-corrected chi connectivity index (χ1v) is 23.3. The third-order valence-corrected chi connectivity index (χ3v) is 13.8. The van der Waals surface area contributed by atoms with Gasteiger partial charge in [-0.25, -0.2) is 33.7 Å². The Hall–Kier alpha value is -1.02. The summed E-state index contributed by atoms with van der Waals surface area (Å²) in [5.41, 5.74) is 0.767. The Morgan fingerprint density at radius 2 is 0.633 bits per heavy atom. The van der Waals surface area contributed by atoms with Crippen LogP contribution in [0.2, 0.25) is 0 Å². The SMILES string of the molecule is O=S(=O)([O-])c1cc(S(=O)(=O)[O-])c2cc(OS(=O)(=O)c3ccc(-c4ccc(S(=O)(=O)Oc5ccc6cc(S(=O)(=O)[O-])cc(S(=O)(=O)[O-])c6c5)cc4)cc3)ccc2c1.[Na+].[Na+].[Na+].[Na+]. The van der Waals surface area contributed by atoms with Crippen molar-refractivity contribution in [2.75, 3.05) is 0 Å². The van der Waals surface area contributed by atoms with E-state index in [2.05, 4.69) is 0 Å². The number of hydrogen-bond donors (Lipinski definition) is 0. The fourth-order valence-electron chi connectivity index (χ4n) is 5.34. The van der Waals surface area contributed by atoms with Gasteiger partial charge in [-0.05, 0) is 94.7 Å². The van der Waals surface area contributed by atoms with Crippen molar-refractivity contribution in [2.24, 2.45) is 0 Å². The van der Waals surface area contributed by atoms with Crippen LogP contribution in [0, 0.1) is 0 Å². The topological polar surface area (TPSA) is 316 Å². The van der Waals surface area contributed by atoms with Gasteiger partial charge in [0.1, 0.15) is 61.8 Å². The predicted octanol–water partition coefficient (Wildman–Crippen LogP) is -9.17. The minimum Gasteiger partial charge on any atom is -0.744 e. The molecule has 60 heavy (non-hydrogen) atoms. The van der Waals surface area contributed by atoms with E-state index < -0.39 is 112 Å². The fraction of sp³-hybridized carbons (Fsp3) is 0. The summed E-state index contributed by atoms with van der Waals surface area (Å²) in [6, 6.07) is 18.1. The molecule has 0 heterocycles. The van der Waals surface area contributed by atoms with Crippen LogP contribution in [0.5, 0.6) is 11.5 Å². The van der Waals surface area contributed by atoms with E-state index in [1.807, 2.05) is 0 Å². The van der Waals surface area contributed by atoms with Gasteiger partial charge in [0.2, 0.25) is 0 Å². The number of benzene rings is 6. The second-order valence-corrected chi connectivity index (χ2v) is 20.1. The molecule has 6 aromatic rings. The van der Waals surface area contributed by atoms with E-state index in [4.69, 9.17) is 8.37 Å². The first-order valence-electron chi connectivity index (χ1n) is 14.8. The van der Waals surface area contributed by atoms with Crippen LogP contribution < -0.4 is 127 Å². The van der Waals surface area contributed by atoms with Crippen LogP contribution in [-0.2, 0) is 60.7 Å². The number of rotatable bonds is 11. The van der Waals surface area contributed by atoms with Gasteiger partial charge in [0.25, 0.3) is 0 Å². The molecule has 0 saturated carbocycles. The minimum absolute atomic E-state index is 0. The Bertz CT molecular complexity index is 3090. The summed E-state index contributed by atoms with van der Waals surface area (Å²) in [4.78, 5) is -4.98. The minimum atomic E-state index is -5.35. The largest absolute Gasteiger partial charge is 1.00 e. The van der Waals surface area contributed by atoms with Crippen molar-refractivity contribution < 1.29 is 195 Å². The molecule has 0 atom stereocenters. The summed E-state index contributed by atoms with van der Waals surface area (Å²) in [6.45, 7) is 0. The van der Waals surface area contributed by atoms with Crippen LogP contribution >= 0.6 is 0 Å². The predicted molar refractivity (Wildman–Crippen MR) is 187 cm³/mol. The molecule has 0 N–H and O–H groups in total. The van der Waals surface area contributed by atoms with Gasteiger partial charge in [-0.1, -0.05) is 36.4 Å². The summed E-state index contributed by atoms with van der Waals surface area (Å²) >= 11 is 0. The third kappa shape index (κ3) is 12.6. The van der Waals surface area contributed by atoms with E-state index in [-0.39, 0.29) is 129 Å². The van der Waals surface area contributed by atoms with Crippen molar-refractivity contribution in [3.8, 4) is 22.6 Å². The van der Waals surface area contributed by atoms with Gasteiger partial charge in [0.15, 0.2) is 0 Å². The first-order chi connectivity index (χ1) is 25.7. The van der Waals surface area contributed by atoms with Crippen LogP contribution in [0.3, 0.4) is 0 Å². The molecule has 0 unspecified atom stereocenters. The van der Waals surface area contributed by atoms with Gasteiger partial charge in [-0.2, -0.15) is 16.8 Å². The second kappa shape index (κ2) is 20.0. The van der Waals surface area contributed by atoms with Crippen LogP contribution in [0.1, 0.15) is 0 Å². The summed E-state index contributed by atoms with van der Waals surface area (Å²) in [6.07, 6.45) is 0. The third-order valence-electron chi connectivity index (χ3n) is 7.87. The normalized spacial score (nSPS) is 12.3. The molecule has 0 saturated heterocycles. The molecular formula is C32H18Na4O18S6. The van der Waals surface area contributed by atoms with Crippen molar-refractivity contribution in [1.29, 1.82) is 0 Å². The Morgan fingerprint density at radius 3 is 0.900 bits per heavy atom. The Morgan fingerprint density at radius 1 is 0.333 bits per heavy atom. The zero-order valence-electron chi connectivity index (χ0n) is 31.2. The summed E-state index contributed by atoms with van der Waals surface area (Å²) in [5.74, 6) is -0.932. The number of fused-ring (bicyclic) bond motifs is 2. The van der Waals surface area contributed by atoms with Gasteiger partial charge >= 0.3 is 138 Å². The molecule has 0 bridgehead atoms. The van der Waals surface area contributed by atoms with Crippen molar-refractivity contribution in [2.45, 2.75) is 29.4 Å². The molecule has 0 aromatic heterocycles. The van der Waals surface area contributed by atoms with E-state index in [1.165, 1.54) is 24.3 Å². The van der Waals surface area contributed by atoms with Gasteiger partial charge in [0, 0.05) is 10.8 Å². The molecule has 0 radical (unpaired) electrons. The van der Waals surface area contributed by atoms with Crippen LogP contribution in [-0.4, -0.2) is 68.7 Å². The monoisotopic (exact) mass is 974 g/mol. The molecule has 0 fully saturated rings. The maximum atomic E-state index is 13.1. The van der Waals surface area contributed by atoms with Crippen LogP contribution in [0.15, 0.2) is 139 Å². The summed E-state index contributed by atoms with van der Waals surface area (Å²) in [7, 11) is -30.3. The molecule has 6 aromatic carbocycles. The molecule has 0 aliphatic rings. The van der Waals surface area contributed by atoms with E-state index in [9.17, 15) is 68.7 Å². The quantitative estimate of drug-likeness (QED) is 0.0661. The van der Waals surface area contributed by atoms with Crippen LogP contribution in [0.4, 0.5) is 0 Å². The smallest absolute Gasteiger partial charge is 0.744 e. The zero-order valence-corrected chi connectivity index (χ0v) is 44.1. The standard InChI is InChI=1S/C32H22O18S6.4Na/c33-51(34,35)27-13-21-1-7-23(15-29(21)31(17-27)53(39,40)41)49-55(45,46)25-9-3-19(4-10-25)20-5-11-26(12-6-20)56(47,48)50-24-8-2-22-14-28(52(36,37)38)18-32(30(22)16-24)54(42,43)44;;;;/h1-18H,(H,33,34,35)(H,36,37,38)(H,39,40,41)(H,42,43,44);;;;/q;4*+1/p-4. The summed E-state index contributed by atoms with van der Waals surface area (Å²) in [5, 5.41) is -1.20. The van der Waals surface area contributed by atoms with Crippen molar-refractivity contribution >= 4 is 82.3 Å². The van der Waals surface area contributed by atoms with Gasteiger partial charge in [-0.15, -0.1) is 0 Å². The summed E-state index contributed by atoms with van der Waals surface area (Å²) < 4.78 is 202. The molecule has 6 rings (SSSR count). The van der Waals surface area contributed by atoms with Crippen molar-refractivity contribution in [1.82, 2.24) is 0 Å². The molecular weight excluding hydrogens is 957 g/mol. The fourth-order valence-corrected chi connectivity index (χ4v) is 9.83. The van der Waals surface area contributed by atoms with E-state index >= 15 is 0 Å².